The van der Waals surface area contributed by atoms with Gasteiger partial charge < -0.3 is 10.6 Å². The molecule has 25 heavy (non-hydrogen) atoms. The van der Waals surface area contributed by atoms with Gasteiger partial charge in [0.15, 0.2) is 0 Å². The van der Waals surface area contributed by atoms with Crippen molar-refractivity contribution in [1.29, 1.82) is 0 Å². The Balaban J connectivity index is 1.34. The molecule has 0 radical (unpaired) electrons. The van der Waals surface area contributed by atoms with E-state index in [1.165, 1.54) is 5.56 Å². The summed E-state index contributed by atoms with van der Waals surface area (Å²) in [6.45, 7) is 7.13. The minimum Gasteiger partial charge on any atom is -0.370 e. The second kappa shape index (κ2) is 6.68. The summed E-state index contributed by atoms with van der Waals surface area (Å²) in [7, 11) is 0. The molecular formula is C18H23N7. The van der Waals surface area contributed by atoms with Crippen LogP contribution in [0.3, 0.4) is 0 Å². The van der Waals surface area contributed by atoms with Gasteiger partial charge in [0, 0.05) is 37.7 Å². The standard InChI is InChI=1S/C18H23N7/c1-13-7-18-21-9-15(10-24(18)23-13)8-20-14(2)16-3-5-17(6-4-16)25-12-19-11-22-25/h3-7,11-12,14-15,20-21H,8-10H2,1-2H3/t14-,15-/m1/s1. The fraction of sp³-hybridized carbons (Fsp3) is 0.389. The lowest BCUT2D eigenvalue weighted by atomic mass is 10.1. The first-order valence-electron chi connectivity index (χ1n) is 8.66. The number of nitrogens with one attached hydrogen (secondary N) is 2. The molecule has 7 nitrogen and oxygen atoms in total. The Hall–Kier alpha value is -2.67. The van der Waals surface area contributed by atoms with Gasteiger partial charge in [0.25, 0.3) is 0 Å². The maximum absolute atomic E-state index is 4.53. The third-order valence-electron chi connectivity index (χ3n) is 4.69. The molecule has 0 fully saturated rings. The Bertz CT molecular complexity index is 820. The fourth-order valence-electron chi connectivity index (χ4n) is 3.24. The fourth-order valence-corrected chi connectivity index (χ4v) is 3.24. The molecule has 1 aliphatic heterocycles. The molecule has 2 aromatic heterocycles. The Morgan fingerprint density at radius 3 is 2.92 bits per heavy atom. The molecule has 0 saturated carbocycles. The Kier molecular flexibility index (Phi) is 4.23. The molecule has 7 heteroatoms. The van der Waals surface area contributed by atoms with Crippen LogP contribution in [0, 0.1) is 12.8 Å². The van der Waals surface area contributed by atoms with Crippen LogP contribution in [-0.2, 0) is 6.54 Å². The third kappa shape index (κ3) is 3.41. The number of anilines is 1. The van der Waals surface area contributed by atoms with Crippen LogP contribution < -0.4 is 10.6 Å². The normalized spacial score (nSPS) is 17.8. The quantitative estimate of drug-likeness (QED) is 0.746. The minimum absolute atomic E-state index is 0.297. The van der Waals surface area contributed by atoms with Crippen LogP contribution in [0.1, 0.15) is 24.2 Å². The van der Waals surface area contributed by atoms with Gasteiger partial charge in [0.05, 0.1) is 11.4 Å². The van der Waals surface area contributed by atoms with Gasteiger partial charge in [-0.2, -0.15) is 10.2 Å². The van der Waals surface area contributed by atoms with Crippen LogP contribution >= 0.6 is 0 Å². The lowest BCUT2D eigenvalue weighted by molar-refractivity contribution is 0.375. The summed E-state index contributed by atoms with van der Waals surface area (Å²) in [5.41, 5.74) is 3.35. The van der Waals surface area contributed by atoms with Gasteiger partial charge in [-0.3, -0.25) is 0 Å². The van der Waals surface area contributed by atoms with E-state index in [1.807, 2.05) is 6.92 Å². The monoisotopic (exact) mass is 337 g/mol. The molecule has 0 amide bonds. The van der Waals surface area contributed by atoms with Gasteiger partial charge in [-0.15, -0.1) is 0 Å². The van der Waals surface area contributed by atoms with E-state index < -0.39 is 0 Å². The zero-order valence-corrected chi connectivity index (χ0v) is 14.6. The summed E-state index contributed by atoms with van der Waals surface area (Å²) in [6, 6.07) is 10.8. The van der Waals surface area contributed by atoms with Crippen molar-refractivity contribution in [2.75, 3.05) is 18.4 Å². The van der Waals surface area contributed by atoms with Crippen molar-refractivity contribution in [3.63, 3.8) is 0 Å². The largest absolute Gasteiger partial charge is 0.370 e. The van der Waals surface area contributed by atoms with Gasteiger partial charge in [-0.05, 0) is 31.5 Å². The number of fused-ring (bicyclic) bond motifs is 1. The van der Waals surface area contributed by atoms with Gasteiger partial charge >= 0.3 is 0 Å². The van der Waals surface area contributed by atoms with Crippen molar-refractivity contribution >= 4 is 5.82 Å². The minimum atomic E-state index is 0.297. The zero-order chi connectivity index (χ0) is 17.2. The Morgan fingerprint density at radius 1 is 1.32 bits per heavy atom. The number of hydrogen-bond acceptors (Lipinski definition) is 5. The van der Waals surface area contributed by atoms with E-state index in [4.69, 9.17) is 0 Å². The molecule has 2 N–H and O–H groups in total. The van der Waals surface area contributed by atoms with Gasteiger partial charge in [-0.1, -0.05) is 12.1 Å². The van der Waals surface area contributed by atoms with E-state index in [9.17, 15) is 0 Å². The molecule has 4 rings (SSSR count). The lowest BCUT2D eigenvalue weighted by Crippen LogP contribution is -2.36. The van der Waals surface area contributed by atoms with Crippen molar-refractivity contribution in [3.8, 4) is 5.69 Å². The predicted octanol–water partition coefficient (Wildman–Crippen LogP) is 2.16. The van der Waals surface area contributed by atoms with Crippen molar-refractivity contribution in [3.05, 3.63) is 54.2 Å². The lowest BCUT2D eigenvalue weighted by Gasteiger charge is -2.26. The smallest absolute Gasteiger partial charge is 0.138 e. The van der Waals surface area contributed by atoms with Crippen LogP contribution in [0.5, 0.6) is 0 Å². The summed E-state index contributed by atoms with van der Waals surface area (Å²) in [5.74, 6) is 1.66. The number of rotatable bonds is 5. The van der Waals surface area contributed by atoms with E-state index >= 15 is 0 Å². The van der Waals surface area contributed by atoms with E-state index in [0.717, 1.165) is 36.8 Å². The first kappa shape index (κ1) is 15.8. The van der Waals surface area contributed by atoms with E-state index in [-0.39, 0.29) is 0 Å². The second-order valence-corrected chi connectivity index (χ2v) is 6.66. The summed E-state index contributed by atoms with van der Waals surface area (Å²) in [5, 5.41) is 15.8. The maximum Gasteiger partial charge on any atom is 0.138 e. The van der Waals surface area contributed by atoms with Crippen molar-refractivity contribution in [2.45, 2.75) is 26.4 Å². The summed E-state index contributed by atoms with van der Waals surface area (Å²) < 4.78 is 3.84. The molecular weight excluding hydrogens is 314 g/mol. The highest BCUT2D eigenvalue weighted by Crippen LogP contribution is 2.20. The second-order valence-electron chi connectivity index (χ2n) is 6.66. The predicted molar refractivity (Wildman–Crippen MR) is 96.7 cm³/mol. The van der Waals surface area contributed by atoms with Gasteiger partial charge in [0.2, 0.25) is 0 Å². The van der Waals surface area contributed by atoms with Crippen molar-refractivity contribution in [2.24, 2.45) is 5.92 Å². The van der Waals surface area contributed by atoms with Crippen LogP contribution in [0.2, 0.25) is 0 Å². The first-order valence-corrected chi connectivity index (χ1v) is 8.66. The number of benzene rings is 1. The molecule has 2 atom stereocenters. The topological polar surface area (TPSA) is 72.6 Å². The van der Waals surface area contributed by atoms with Crippen molar-refractivity contribution < 1.29 is 0 Å². The summed E-state index contributed by atoms with van der Waals surface area (Å²) in [6.07, 6.45) is 3.25. The SMILES string of the molecule is Cc1cc2n(n1)C[C@H](CN[C@H](C)c1ccc(-n3cncn3)cc1)CN2. The molecule has 0 spiro atoms. The number of aromatic nitrogens is 5. The molecule has 0 bridgehead atoms. The highest BCUT2D eigenvalue weighted by Gasteiger charge is 2.19. The van der Waals surface area contributed by atoms with Crippen molar-refractivity contribution in [1.82, 2.24) is 29.9 Å². The first-order chi connectivity index (χ1) is 12.2. The number of aryl methyl sites for hydroxylation is 1. The van der Waals surface area contributed by atoms with E-state index in [2.05, 4.69) is 67.8 Å². The highest BCUT2D eigenvalue weighted by atomic mass is 15.3. The summed E-state index contributed by atoms with van der Waals surface area (Å²) >= 11 is 0. The van der Waals surface area contributed by atoms with Gasteiger partial charge in [0.1, 0.15) is 18.5 Å². The average molecular weight is 337 g/mol. The average Bonchev–Trinajstić information content (AvgIpc) is 3.28. The van der Waals surface area contributed by atoms with Crippen LogP contribution in [0.15, 0.2) is 43.0 Å². The highest BCUT2D eigenvalue weighted by molar-refractivity contribution is 5.38. The van der Waals surface area contributed by atoms with Crippen LogP contribution in [-0.4, -0.2) is 37.6 Å². The molecule has 0 saturated heterocycles. The number of hydrogen-bond donors (Lipinski definition) is 2. The zero-order valence-electron chi connectivity index (χ0n) is 14.6. The van der Waals surface area contributed by atoms with E-state index in [1.54, 1.807) is 17.3 Å². The molecule has 0 unspecified atom stereocenters. The Morgan fingerprint density at radius 2 is 2.16 bits per heavy atom. The third-order valence-corrected chi connectivity index (χ3v) is 4.69. The maximum atomic E-state index is 4.53. The van der Waals surface area contributed by atoms with E-state index in [0.29, 0.717) is 12.0 Å². The molecule has 3 aromatic rings. The molecule has 1 aliphatic rings. The molecule has 130 valence electrons. The van der Waals surface area contributed by atoms with Gasteiger partial charge in [-0.25, -0.2) is 14.3 Å². The molecule has 0 aliphatic carbocycles. The van der Waals surface area contributed by atoms with Crippen LogP contribution in [0.4, 0.5) is 5.82 Å². The summed E-state index contributed by atoms with van der Waals surface area (Å²) in [4.78, 5) is 3.98. The molecule has 1 aromatic carbocycles. The number of nitrogens with zero attached hydrogens (tertiary/aromatic N) is 5. The van der Waals surface area contributed by atoms with Crippen LogP contribution in [0.25, 0.3) is 5.69 Å². The Labute approximate surface area is 147 Å². The molecule has 3 heterocycles.